The first kappa shape index (κ1) is 17.9. The van der Waals surface area contributed by atoms with Crippen molar-refractivity contribution in [3.05, 3.63) is 60.2 Å². The molecule has 1 aliphatic heterocycles. The number of rotatable bonds is 5. The molecule has 6 nitrogen and oxygen atoms in total. The summed E-state index contributed by atoms with van der Waals surface area (Å²) < 4.78 is 5.11. The second-order valence-electron chi connectivity index (χ2n) is 6.21. The van der Waals surface area contributed by atoms with E-state index in [1.54, 1.807) is 36.3 Å². The van der Waals surface area contributed by atoms with Crippen LogP contribution in [0.5, 0.6) is 5.75 Å². The topological polar surface area (TPSA) is 61.9 Å². The molecule has 0 radical (unpaired) electrons. The van der Waals surface area contributed by atoms with Crippen molar-refractivity contribution in [3.63, 3.8) is 0 Å². The fourth-order valence-electron chi connectivity index (χ4n) is 2.90. The lowest BCUT2D eigenvalue weighted by Crippen LogP contribution is -2.51. The number of nitrogens with zero attached hydrogens (tertiary/aromatic N) is 2. The van der Waals surface area contributed by atoms with Crippen molar-refractivity contribution in [2.75, 3.05) is 45.2 Å². The molecule has 2 amide bonds. The summed E-state index contributed by atoms with van der Waals surface area (Å²) in [4.78, 5) is 28.6. The second-order valence-corrected chi connectivity index (χ2v) is 6.21. The van der Waals surface area contributed by atoms with Crippen LogP contribution in [-0.4, -0.2) is 61.4 Å². The van der Waals surface area contributed by atoms with Crippen LogP contribution in [0.1, 0.15) is 10.4 Å². The Hall–Kier alpha value is -2.86. The predicted molar refractivity (Wildman–Crippen MR) is 101 cm³/mol. The number of urea groups is 1. The van der Waals surface area contributed by atoms with Gasteiger partial charge in [-0.2, -0.15) is 0 Å². The zero-order valence-electron chi connectivity index (χ0n) is 14.9. The Labute approximate surface area is 153 Å². The van der Waals surface area contributed by atoms with E-state index < -0.39 is 0 Å². The number of amides is 2. The summed E-state index contributed by atoms with van der Waals surface area (Å²) in [5.74, 6) is 0.814. The molecule has 1 aliphatic rings. The first-order chi connectivity index (χ1) is 12.7. The molecule has 1 N–H and O–H groups in total. The van der Waals surface area contributed by atoms with Crippen LogP contribution in [0.3, 0.4) is 0 Å². The second kappa shape index (κ2) is 8.49. The van der Waals surface area contributed by atoms with Gasteiger partial charge in [0, 0.05) is 37.4 Å². The SMILES string of the molecule is COc1ccc(C(=O)CN2CCN(C(=O)Nc3ccccc3)CC2)cc1. The average Bonchev–Trinajstić information content (AvgIpc) is 2.69. The highest BCUT2D eigenvalue weighted by Gasteiger charge is 2.22. The van der Waals surface area contributed by atoms with Crippen LogP contribution < -0.4 is 10.1 Å². The number of ether oxygens (including phenoxy) is 1. The number of benzene rings is 2. The first-order valence-corrected chi connectivity index (χ1v) is 8.66. The van der Waals surface area contributed by atoms with Gasteiger partial charge in [-0.1, -0.05) is 18.2 Å². The number of anilines is 1. The molecule has 0 unspecified atom stereocenters. The molecule has 6 heteroatoms. The summed E-state index contributed by atoms with van der Waals surface area (Å²) in [5, 5.41) is 2.89. The van der Waals surface area contributed by atoms with Crippen LogP contribution in [0.25, 0.3) is 0 Å². The maximum atomic E-state index is 12.4. The van der Waals surface area contributed by atoms with Gasteiger partial charge in [0.15, 0.2) is 5.78 Å². The molecule has 1 fully saturated rings. The van der Waals surface area contributed by atoms with E-state index in [4.69, 9.17) is 4.74 Å². The van der Waals surface area contributed by atoms with Crippen molar-refractivity contribution in [3.8, 4) is 5.75 Å². The normalized spacial score (nSPS) is 14.7. The van der Waals surface area contributed by atoms with Gasteiger partial charge in [-0.15, -0.1) is 0 Å². The van der Waals surface area contributed by atoms with Crippen LogP contribution in [0, 0.1) is 0 Å². The van der Waals surface area contributed by atoms with Crippen LogP contribution in [0.4, 0.5) is 10.5 Å². The number of hydrogen-bond donors (Lipinski definition) is 1. The van der Waals surface area contributed by atoms with Gasteiger partial charge in [0.25, 0.3) is 0 Å². The van der Waals surface area contributed by atoms with E-state index in [-0.39, 0.29) is 11.8 Å². The van der Waals surface area contributed by atoms with E-state index in [9.17, 15) is 9.59 Å². The number of para-hydroxylation sites is 1. The number of hydrogen-bond acceptors (Lipinski definition) is 4. The number of nitrogens with one attached hydrogen (secondary N) is 1. The molecule has 0 aromatic heterocycles. The lowest BCUT2D eigenvalue weighted by atomic mass is 10.1. The van der Waals surface area contributed by atoms with Crippen molar-refractivity contribution in [2.45, 2.75) is 0 Å². The van der Waals surface area contributed by atoms with E-state index in [2.05, 4.69) is 10.2 Å². The first-order valence-electron chi connectivity index (χ1n) is 8.66. The maximum absolute atomic E-state index is 12.4. The highest BCUT2D eigenvalue weighted by molar-refractivity contribution is 5.97. The van der Waals surface area contributed by atoms with Gasteiger partial charge in [-0.3, -0.25) is 9.69 Å². The van der Waals surface area contributed by atoms with Gasteiger partial charge in [0.2, 0.25) is 0 Å². The highest BCUT2D eigenvalue weighted by atomic mass is 16.5. The molecule has 2 aromatic rings. The third-order valence-corrected chi connectivity index (χ3v) is 4.46. The third-order valence-electron chi connectivity index (χ3n) is 4.46. The Morgan fingerprint density at radius 1 is 0.962 bits per heavy atom. The molecule has 136 valence electrons. The van der Waals surface area contributed by atoms with Crippen LogP contribution >= 0.6 is 0 Å². The van der Waals surface area contributed by atoms with E-state index in [0.717, 1.165) is 11.4 Å². The third kappa shape index (κ3) is 4.61. The van der Waals surface area contributed by atoms with Gasteiger partial charge in [-0.25, -0.2) is 4.79 Å². The minimum Gasteiger partial charge on any atom is -0.497 e. The average molecular weight is 353 g/mol. The molecule has 2 aromatic carbocycles. The standard InChI is InChI=1S/C20H23N3O3/c1-26-18-9-7-16(8-10-18)19(24)15-22-11-13-23(14-12-22)20(25)21-17-5-3-2-4-6-17/h2-10H,11-15H2,1H3,(H,21,25). The van der Waals surface area contributed by atoms with Gasteiger partial charge < -0.3 is 15.0 Å². The summed E-state index contributed by atoms with van der Waals surface area (Å²) >= 11 is 0. The van der Waals surface area contributed by atoms with Gasteiger partial charge in [0.1, 0.15) is 5.75 Å². The number of Topliss-reactive ketones (excluding diaryl/α,β-unsaturated/α-hetero) is 1. The smallest absolute Gasteiger partial charge is 0.321 e. The minimum atomic E-state index is -0.0997. The summed E-state index contributed by atoms with van der Waals surface area (Å²) in [5.41, 5.74) is 1.46. The number of methoxy groups -OCH3 is 1. The summed E-state index contributed by atoms with van der Waals surface area (Å²) in [6.07, 6.45) is 0. The van der Waals surface area contributed by atoms with Crippen molar-refractivity contribution in [1.29, 1.82) is 0 Å². The van der Waals surface area contributed by atoms with Gasteiger partial charge >= 0.3 is 6.03 Å². The van der Waals surface area contributed by atoms with E-state index in [1.807, 2.05) is 30.3 Å². The fraction of sp³-hybridized carbons (Fsp3) is 0.300. The Bertz CT molecular complexity index is 739. The zero-order valence-corrected chi connectivity index (χ0v) is 14.9. The number of piperazine rings is 1. The van der Waals surface area contributed by atoms with Crippen molar-refractivity contribution >= 4 is 17.5 Å². The molecule has 1 saturated heterocycles. The monoisotopic (exact) mass is 353 g/mol. The predicted octanol–water partition coefficient (Wildman–Crippen LogP) is 2.73. The van der Waals surface area contributed by atoms with Crippen molar-refractivity contribution < 1.29 is 14.3 Å². The number of carbonyl (C=O) groups excluding carboxylic acids is 2. The molecule has 3 rings (SSSR count). The Morgan fingerprint density at radius 2 is 1.62 bits per heavy atom. The van der Waals surface area contributed by atoms with Crippen molar-refractivity contribution in [1.82, 2.24) is 9.80 Å². The highest BCUT2D eigenvalue weighted by Crippen LogP contribution is 2.13. The molecular weight excluding hydrogens is 330 g/mol. The summed E-state index contributed by atoms with van der Waals surface area (Å²) in [6, 6.07) is 16.5. The van der Waals surface area contributed by atoms with Crippen LogP contribution in [-0.2, 0) is 0 Å². The van der Waals surface area contributed by atoms with Crippen molar-refractivity contribution in [2.24, 2.45) is 0 Å². The number of ketones is 1. The Morgan fingerprint density at radius 3 is 2.23 bits per heavy atom. The molecular formula is C20H23N3O3. The number of carbonyl (C=O) groups is 2. The maximum Gasteiger partial charge on any atom is 0.321 e. The molecule has 0 bridgehead atoms. The molecule has 0 atom stereocenters. The molecule has 0 saturated carbocycles. The minimum absolute atomic E-state index is 0.0786. The molecule has 0 spiro atoms. The van der Waals surface area contributed by atoms with Crippen LogP contribution in [0.15, 0.2) is 54.6 Å². The summed E-state index contributed by atoms with van der Waals surface area (Å²) in [6.45, 7) is 2.94. The Kier molecular flexibility index (Phi) is 5.86. The molecule has 26 heavy (non-hydrogen) atoms. The summed E-state index contributed by atoms with van der Waals surface area (Å²) in [7, 11) is 1.60. The van der Waals surface area contributed by atoms with Crippen LogP contribution in [0.2, 0.25) is 0 Å². The van der Waals surface area contributed by atoms with Gasteiger partial charge in [-0.05, 0) is 36.4 Å². The van der Waals surface area contributed by atoms with E-state index >= 15 is 0 Å². The lowest BCUT2D eigenvalue weighted by molar-refractivity contribution is 0.0884. The fourth-order valence-corrected chi connectivity index (χ4v) is 2.90. The quantitative estimate of drug-likeness (QED) is 0.840. The molecule has 1 heterocycles. The largest absolute Gasteiger partial charge is 0.497 e. The Balaban J connectivity index is 1.47. The van der Waals surface area contributed by atoms with E-state index in [1.165, 1.54) is 0 Å². The zero-order chi connectivity index (χ0) is 18.4. The molecule has 0 aliphatic carbocycles. The lowest BCUT2D eigenvalue weighted by Gasteiger charge is -2.34. The van der Waals surface area contributed by atoms with Gasteiger partial charge in [0.05, 0.1) is 13.7 Å². The van der Waals surface area contributed by atoms with E-state index in [0.29, 0.717) is 38.3 Å².